The highest BCUT2D eigenvalue weighted by atomic mass is 32.1. The molecule has 5 rings (SSSR count). The highest BCUT2D eigenvalue weighted by Crippen LogP contribution is 2.32. The van der Waals surface area contributed by atoms with Gasteiger partial charge >= 0.3 is 0 Å². The Morgan fingerprint density at radius 3 is 2.56 bits per heavy atom. The summed E-state index contributed by atoms with van der Waals surface area (Å²) < 4.78 is 2.84. The third-order valence-electron chi connectivity index (χ3n) is 5.37. The summed E-state index contributed by atoms with van der Waals surface area (Å²) in [5.74, 6) is -0.146. The molecule has 6 nitrogen and oxygen atoms in total. The number of benzene rings is 2. The molecule has 0 radical (unpaired) electrons. The van der Waals surface area contributed by atoms with E-state index in [1.54, 1.807) is 22.0 Å². The van der Waals surface area contributed by atoms with Gasteiger partial charge < -0.3 is 0 Å². The maximum atomic E-state index is 13.8. The van der Waals surface area contributed by atoms with Crippen LogP contribution in [0.25, 0.3) is 15.9 Å². The Hall–Kier alpha value is -3.84. The van der Waals surface area contributed by atoms with Gasteiger partial charge in [0, 0.05) is 6.20 Å². The zero-order valence-corrected chi connectivity index (χ0v) is 18.6. The van der Waals surface area contributed by atoms with Crippen LogP contribution in [0.4, 0.5) is 5.13 Å². The fourth-order valence-corrected chi connectivity index (χ4v) is 4.71. The molecule has 0 saturated carbocycles. The van der Waals surface area contributed by atoms with Crippen molar-refractivity contribution in [3.8, 4) is 5.69 Å². The molecule has 3 aromatic heterocycles. The zero-order valence-electron chi connectivity index (χ0n) is 17.8. The highest BCUT2D eigenvalue weighted by Gasteiger charge is 2.26. The Kier molecular flexibility index (Phi) is 5.25. The van der Waals surface area contributed by atoms with Gasteiger partial charge in [-0.2, -0.15) is 5.10 Å². The molecule has 0 N–H and O–H groups in total. The minimum absolute atomic E-state index is 0.146. The molecule has 0 atom stereocenters. The van der Waals surface area contributed by atoms with Crippen molar-refractivity contribution in [1.29, 1.82) is 0 Å². The lowest BCUT2D eigenvalue weighted by Gasteiger charge is -2.19. The molecule has 158 valence electrons. The van der Waals surface area contributed by atoms with E-state index in [4.69, 9.17) is 4.98 Å². The van der Waals surface area contributed by atoms with Crippen LogP contribution < -0.4 is 4.90 Å². The number of fused-ring (bicyclic) bond motifs is 1. The average Bonchev–Trinajstić information content (AvgIpc) is 3.43. The predicted molar refractivity (Wildman–Crippen MR) is 127 cm³/mol. The van der Waals surface area contributed by atoms with Gasteiger partial charge in [0.15, 0.2) is 5.13 Å². The second-order valence-electron chi connectivity index (χ2n) is 7.52. The fourth-order valence-electron chi connectivity index (χ4n) is 3.66. The summed E-state index contributed by atoms with van der Waals surface area (Å²) in [6.07, 6.45) is 3.37. The van der Waals surface area contributed by atoms with E-state index in [0.717, 1.165) is 32.9 Å². The number of thiazole rings is 1. The first-order valence-corrected chi connectivity index (χ1v) is 11.1. The SMILES string of the molecule is Cc1cccc2sc(N(Cc3ccccn3)C(=O)c3cnn(-c4ccccc4)c3C)nc12. The molecule has 7 heteroatoms. The molecule has 0 aliphatic heterocycles. The third kappa shape index (κ3) is 3.67. The number of aryl methyl sites for hydroxylation is 1. The second-order valence-corrected chi connectivity index (χ2v) is 8.53. The Labute approximate surface area is 189 Å². The molecule has 0 aliphatic rings. The molecule has 0 fully saturated rings. The van der Waals surface area contributed by atoms with Gasteiger partial charge in [0.25, 0.3) is 5.91 Å². The van der Waals surface area contributed by atoms with Crippen LogP contribution in [0.1, 0.15) is 27.3 Å². The smallest absolute Gasteiger partial charge is 0.263 e. The first-order chi connectivity index (χ1) is 15.6. The number of nitrogens with zero attached hydrogens (tertiary/aromatic N) is 5. The third-order valence-corrected chi connectivity index (χ3v) is 6.42. The minimum atomic E-state index is -0.146. The van der Waals surface area contributed by atoms with Crippen LogP contribution in [-0.2, 0) is 6.54 Å². The van der Waals surface area contributed by atoms with E-state index in [1.165, 1.54) is 11.3 Å². The van der Waals surface area contributed by atoms with Crippen LogP contribution in [0.3, 0.4) is 0 Å². The molecule has 32 heavy (non-hydrogen) atoms. The lowest BCUT2D eigenvalue weighted by atomic mass is 10.2. The van der Waals surface area contributed by atoms with Crippen LogP contribution in [0, 0.1) is 13.8 Å². The van der Waals surface area contributed by atoms with Crippen molar-refractivity contribution in [1.82, 2.24) is 19.7 Å². The van der Waals surface area contributed by atoms with Crippen LogP contribution in [-0.4, -0.2) is 25.7 Å². The Balaban J connectivity index is 1.58. The van der Waals surface area contributed by atoms with Crippen LogP contribution in [0.5, 0.6) is 0 Å². The molecule has 1 amide bonds. The largest absolute Gasteiger partial charge is 0.278 e. The van der Waals surface area contributed by atoms with Crippen molar-refractivity contribution in [2.24, 2.45) is 0 Å². The van der Waals surface area contributed by atoms with Crippen molar-refractivity contribution in [3.63, 3.8) is 0 Å². The van der Waals surface area contributed by atoms with Crippen molar-refractivity contribution in [2.45, 2.75) is 20.4 Å². The van der Waals surface area contributed by atoms with Gasteiger partial charge in [-0.15, -0.1) is 0 Å². The van der Waals surface area contributed by atoms with Gasteiger partial charge in [0.1, 0.15) is 0 Å². The number of para-hydroxylation sites is 2. The Morgan fingerprint density at radius 2 is 1.81 bits per heavy atom. The zero-order chi connectivity index (χ0) is 22.1. The van der Waals surface area contributed by atoms with E-state index < -0.39 is 0 Å². The van der Waals surface area contributed by atoms with E-state index in [9.17, 15) is 4.79 Å². The number of anilines is 1. The number of amides is 1. The maximum Gasteiger partial charge on any atom is 0.263 e. The monoisotopic (exact) mass is 439 g/mol. The number of hydrogen-bond donors (Lipinski definition) is 0. The first kappa shape index (κ1) is 20.1. The standard InChI is InChI=1S/C25H21N5OS/c1-17-9-8-13-22-23(17)28-25(32-22)29(16-19-10-6-7-14-26-19)24(31)21-15-27-30(18(21)2)20-11-4-3-5-12-20/h3-15H,16H2,1-2H3. The molecular formula is C25H21N5OS. The molecule has 3 heterocycles. The second kappa shape index (κ2) is 8.36. The van der Waals surface area contributed by atoms with Gasteiger partial charge in [-0.05, 0) is 49.7 Å². The topological polar surface area (TPSA) is 63.9 Å². The number of carbonyl (C=O) groups is 1. The van der Waals surface area contributed by atoms with Crippen LogP contribution in [0.15, 0.2) is 79.1 Å². The molecule has 5 aromatic rings. The number of rotatable bonds is 5. The van der Waals surface area contributed by atoms with E-state index in [0.29, 0.717) is 17.2 Å². The first-order valence-electron chi connectivity index (χ1n) is 10.3. The number of pyridine rings is 1. The summed E-state index contributed by atoms with van der Waals surface area (Å²) in [6, 6.07) is 21.6. The van der Waals surface area contributed by atoms with E-state index >= 15 is 0 Å². The van der Waals surface area contributed by atoms with Crippen molar-refractivity contribution < 1.29 is 4.79 Å². The van der Waals surface area contributed by atoms with Crippen molar-refractivity contribution in [3.05, 3.63) is 102 Å². The van der Waals surface area contributed by atoms with Crippen LogP contribution in [0.2, 0.25) is 0 Å². The Morgan fingerprint density at radius 1 is 1.00 bits per heavy atom. The molecule has 0 saturated heterocycles. The van der Waals surface area contributed by atoms with Gasteiger partial charge in [-0.3, -0.25) is 14.7 Å². The molecule has 0 aliphatic carbocycles. The predicted octanol–water partition coefficient (Wildman–Crippen LogP) is 5.34. The number of aromatic nitrogens is 4. The number of hydrogen-bond acceptors (Lipinski definition) is 5. The van der Waals surface area contributed by atoms with Gasteiger partial charge in [-0.25, -0.2) is 9.67 Å². The summed E-state index contributed by atoms with van der Waals surface area (Å²) in [5.41, 5.74) is 5.04. The van der Waals surface area contributed by atoms with Gasteiger partial charge in [0.2, 0.25) is 0 Å². The van der Waals surface area contributed by atoms with Gasteiger partial charge in [-0.1, -0.05) is 47.7 Å². The molecule has 2 aromatic carbocycles. The summed E-state index contributed by atoms with van der Waals surface area (Å²) in [7, 11) is 0. The average molecular weight is 440 g/mol. The normalized spacial score (nSPS) is 11.1. The number of carbonyl (C=O) groups excluding carboxylic acids is 1. The van der Waals surface area contributed by atoms with Gasteiger partial charge in [0.05, 0.1) is 45.6 Å². The summed E-state index contributed by atoms with van der Waals surface area (Å²) in [4.78, 5) is 24.7. The molecule has 0 spiro atoms. The molecule has 0 unspecified atom stereocenters. The Bertz CT molecular complexity index is 1390. The quantitative estimate of drug-likeness (QED) is 0.371. The summed E-state index contributed by atoms with van der Waals surface area (Å²) in [5, 5.41) is 5.13. The van der Waals surface area contributed by atoms with Crippen LogP contribution >= 0.6 is 11.3 Å². The minimum Gasteiger partial charge on any atom is -0.278 e. The lowest BCUT2D eigenvalue weighted by molar-refractivity contribution is 0.0984. The van der Waals surface area contributed by atoms with E-state index in [2.05, 4.69) is 10.1 Å². The molecular weight excluding hydrogens is 418 g/mol. The maximum absolute atomic E-state index is 13.8. The van der Waals surface area contributed by atoms with E-state index in [-0.39, 0.29) is 5.91 Å². The molecule has 0 bridgehead atoms. The van der Waals surface area contributed by atoms with Crippen molar-refractivity contribution >= 4 is 32.6 Å². The highest BCUT2D eigenvalue weighted by molar-refractivity contribution is 7.22. The van der Waals surface area contributed by atoms with Crippen molar-refractivity contribution in [2.75, 3.05) is 4.90 Å². The summed E-state index contributed by atoms with van der Waals surface area (Å²) >= 11 is 1.51. The summed E-state index contributed by atoms with van der Waals surface area (Å²) in [6.45, 7) is 4.27. The fraction of sp³-hybridized carbons (Fsp3) is 0.120. The van der Waals surface area contributed by atoms with E-state index in [1.807, 2.05) is 80.6 Å². The lowest BCUT2D eigenvalue weighted by Crippen LogP contribution is -2.31.